The normalized spacial score (nSPS) is 22.7. The molecule has 2 aliphatic rings. The molecule has 0 spiro atoms. The minimum absolute atomic E-state index is 0.0353. The number of carbonyl (C=O) groups is 1. The molecule has 5 rings (SSSR count). The summed E-state index contributed by atoms with van der Waals surface area (Å²) in [5, 5.41) is 30.0. The molecule has 0 radical (unpaired) electrons. The van der Waals surface area contributed by atoms with Gasteiger partial charge in [0.25, 0.3) is 5.91 Å². The van der Waals surface area contributed by atoms with Gasteiger partial charge < -0.3 is 14.9 Å². The molecule has 2 aromatic carbocycles. The number of hydrogen-bond acceptors (Lipinski definition) is 6. The molecule has 1 aromatic heterocycles. The van der Waals surface area contributed by atoms with Crippen LogP contribution in [0.3, 0.4) is 0 Å². The standard InChI is InChI=1S/C29H27ClFN3O4/c1-28(2,37)20-11-24-26(25(31)12-20)29(19-4-6-21(30)7-5-19,38-16-18-9-23(35)10-18)34(27(24)36)15-22-8-3-17(13-32)14-33-22/h3-8,11-12,14,18,23,35,37H,9-10,15-16H2,1-2H3. The zero-order chi connectivity index (χ0) is 27.2. The molecule has 2 heterocycles. The molecule has 3 aromatic rings. The van der Waals surface area contributed by atoms with Crippen molar-refractivity contribution < 1.29 is 24.1 Å². The molecule has 0 saturated heterocycles. The van der Waals surface area contributed by atoms with Gasteiger partial charge in [-0.15, -0.1) is 0 Å². The van der Waals surface area contributed by atoms with Crippen LogP contribution in [0.25, 0.3) is 0 Å². The number of benzene rings is 2. The maximum Gasteiger partial charge on any atom is 0.257 e. The van der Waals surface area contributed by atoms with E-state index < -0.39 is 29.2 Å². The molecule has 1 amide bonds. The van der Waals surface area contributed by atoms with Crippen LogP contribution in [0.4, 0.5) is 4.39 Å². The summed E-state index contributed by atoms with van der Waals surface area (Å²) in [5.41, 5.74) is -1.31. The smallest absolute Gasteiger partial charge is 0.257 e. The Morgan fingerprint density at radius 1 is 1.24 bits per heavy atom. The van der Waals surface area contributed by atoms with Gasteiger partial charge in [0.2, 0.25) is 0 Å². The number of pyridine rings is 1. The highest BCUT2D eigenvalue weighted by atomic mass is 35.5. The van der Waals surface area contributed by atoms with Gasteiger partial charge in [0.15, 0.2) is 5.72 Å². The second kappa shape index (κ2) is 9.75. The van der Waals surface area contributed by atoms with E-state index >= 15 is 4.39 Å². The molecule has 1 unspecified atom stereocenters. The number of nitriles is 1. The van der Waals surface area contributed by atoms with E-state index in [-0.39, 0.29) is 35.8 Å². The quantitative estimate of drug-likeness (QED) is 0.457. The van der Waals surface area contributed by atoms with Crippen molar-refractivity contribution in [2.24, 2.45) is 5.92 Å². The number of fused-ring (bicyclic) bond motifs is 1. The summed E-state index contributed by atoms with van der Waals surface area (Å²) in [4.78, 5) is 19.8. The van der Waals surface area contributed by atoms with Crippen molar-refractivity contribution in [2.45, 2.75) is 50.7 Å². The van der Waals surface area contributed by atoms with Gasteiger partial charge in [-0.2, -0.15) is 5.26 Å². The molecule has 7 nitrogen and oxygen atoms in total. The predicted molar refractivity (Wildman–Crippen MR) is 137 cm³/mol. The Morgan fingerprint density at radius 2 is 1.95 bits per heavy atom. The van der Waals surface area contributed by atoms with E-state index in [1.54, 1.807) is 36.4 Å². The first-order valence-electron chi connectivity index (χ1n) is 12.3. The van der Waals surface area contributed by atoms with Crippen molar-refractivity contribution >= 4 is 17.5 Å². The zero-order valence-corrected chi connectivity index (χ0v) is 21.7. The molecule has 1 aliphatic heterocycles. The van der Waals surface area contributed by atoms with Crippen LogP contribution in [0.15, 0.2) is 54.7 Å². The third-order valence-electron chi connectivity index (χ3n) is 7.24. The van der Waals surface area contributed by atoms with Crippen molar-refractivity contribution in [1.29, 1.82) is 5.26 Å². The number of rotatable bonds is 7. The van der Waals surface area contributed by atoms with E-state index in [1.807, 2.05) is 6.07 Å². The molecule has 38 heavy (non-hydrogen) atoms. The molecule has 0 bridgehead atoms. The Labute approximate surface area is 225 Å². The van der Waals surface area contributed by atoms with E-state index in [0.717, 1.165) is 0 Å². The van der Waals surface area contributed by atoms with Crippen molar-refractivity contribution in [2.75, 3.05) is 6.61 Å². The summed E-state index contributed by atoms with van der Waals surface area (Å²) in [5.74, 6) is -1.13. The third kappa shape index (κ3) is 4.56. The number of carbonyl (C=O) groups excluding carboxylic acids is 1. The van der Waals surface area contributed by atoms with E-state index in [4.69, 9.17) is 21.6 Å². The minimum Gasteiger partial charge on any atom is -0.393 e. The van der Waals surface area contributed by atoms with Gasteiger partial charge >= 0.3 is 0 Å². The van der Waals surface area contributed by atoms with E-state index in [9.17, 15) is 15.0 Å². The number of hydrogen-bond donors (Lipinski definition) is 2. The molecule has 1 fully saturated rings. The first-order valence-corrected chi connectivity index (χ1v) is 12.7. The molecule has 1 aliphatic carbocycles. The van der Waals surface area contributed by atoms with Crippen LogP contribution in [0.5, 0.6) is 0 Å². The van der Waals surface area contributed by atoms with Crippen molar-refractivity contribution in [3.05, 3.63) is 99.1 Å². The van der Waals surface area contributed by atoms with Gasteiger partial charge in [0, 0.05) is 16.8 Å². The fourth-order valence-electron chi connectivity index (χ4n) is 5.11. The lowest BCUT2D eigenvalue weighted by Crippen LogP contribution is -2.48. The van der Waals surface area contributed by atoms with Crippen LogP contribution in [0, 0.1) is 23.1 Å². The number of ether oxygens (including phenoxy) is 1. The van der Waals surface area contributed by atoms with Crippen molar-refractivity contribution in [1.82, 2.24) is 9.88 Å². The van der Waals surface area contributed by atoms with Gasteiger partial charge in [-0.1, -0.05) is 23.7 Å². The monoisotopic (exact) mass is 535 g/mol. The maximum absolute atomic E-state index is 16.1. The predicted octanol–water partition coefficient (Wildman–Crippen LogP) is 4.62. The van der Waals surface area contributed by atoms with Gasteiger partial charge in [0.1, 0.15) is 11.9 Å². The van der Waals surface area contributed by atoms with E-state index in [2.05, 4.69) is 4.98 Å². The highest BCUT2D eigenvalue weighted by molar-refractivity contribution is 6.30. The van der Waals surface area contributed by atoms with E-state index in [0.29, 0.717) is 34.7 Å². The number of amides is 1. The molecule has 196 valence electrons. The number of aliphatic hydroxyl groups excluding tert-OH is 1. The SMILES string of the molecule is CC(C)(O)c1cc(F)c2c(c1)C(=O)N(Cc1ccc(C#N)cn1)C2(OCC1CC(O)C1)c1ccc(Cl)cc1. The largest absolute Gasteiger partial charge is 0.393 e. The Kier molecular flexibility index (Phi) is 6.74. The van der Waals surface area contributed by atoms with Crippen LogP contribution in [0.1, 0.15) is 65.0 Å². The van der Waals surface area contributed by atoms with Gasteiger partial charge in [0.05, 0.1) is 47.2 Å². The first-order chi connectivity index (χ1) is 18.0. The van der Waals surface area contributed by atoms with Gasteiger partial charge in [-0.05, 0) is 74.6 Å². The fraction of sp³-hybridized carbons (Fsp3) is 0.345. The summed E-state index contributed by atoms with van der Waals surface area (Å²) >= 11 is 6.18. The molecular weight excluding hydrogens is 509 g/mol. The van der Waals surface area contributed by atoms with E-state index in [1.165, 1.54) is 37.1 Å². The Hall–Kier alpha value is -3.35. The Morgan fingerprint density at radius 3 is 2.53 bits per heavy atom. The average molecular weight is 536 g/mol. The highest BCUT2D eigenvalue weighted by Gasteiger charge is 2.55. The molecule has 9 heteroatoms. The van der Waals surface area contributed by atoms with Crippen LogP contribution in [-0.4, -0.2) is 38.7 Å². The lowest BCUT2D eigenvalue weighted by atomic mass is 9.83. The van der Waals surface area contributed by atoms with Gasteiger partial charge in [-0.25, -0.2) is 4.39 Å². The summed E-state index contributed by atoms with van der Waals surface area (Å²) in [6, 6.07) is 14.7. The lowest BCUT2D eigenvalue weighted by Gasteiger charge is -2.42. The molecule has 2 N–H and O–H groups in total. The Balaban J connectivity index is 1.70. The van der Waals surface area contributed by atoms with Crippen molar-refractivity contribution in [3.8, 4) is 6.07 Å². The number of aliphatic hydroxyl groups is 2. The molecule has 1 saturated carbocycles. The molecule has 1 atom stereocenters. The lowest BCUT2D eigenvalue weighted by molar-refractivity contribution is -0.139. The summed E-state index contributed by atoms with van der Waals surface area (Å²) in [7, 11) is 0. The second-order valence-corrected chi connectivity index (χ2v) is 10.9. The van der Waals surface area contributed by atoms with Gasteiger partial charge in [-0.3, -0.25) is 14.7 Å². The Bertz CT molecular complexity index is 1410. The first kappa shape index (κ1) is 26.3. The second-order valence-electron chi connectivity index (χ2n) is 10.4. The third-order valence-corrected chi connectivity index (χ3v) is 7.49. The summed E-state index contributed by atoms with van der Waals surface area (Å²) in [6.45, 7) is 3.19. The molecular formula is C29H27ClFN3O4. The number of halogens is 2. The number of nitrogens with zero attached hydrogens (tertiary/aromatic N) is 3. The maximum atomic E-state index is 16.1. The topological polar surface area (TPSA) is 107 Å². The summed E-state index contributed by atoms with van der Waals surface area (Å²) in [6.07, 6.45) is 2.11. The fourth-order valence-corrected chi connectivity index (χ4v) is 5.24. The van der Waals surface area contributed by atoms with Crippen molar-refractivity contribution in [3.63, 3.8) is 0 Å². The van der Waals surface area contributed by atoms with Crippen LogP contribution in [0.2, 0.25) is 5.02 Å². The number of aromatic nitrogens is 1. The summed E-state index contributed by atoms with van der Waals surface area (Å²) < 4.78 is 22.7. The van der Waals surface area contributed by atoms with Crippen LogP contribution in [-0.2, 0) is 22.6 Å². The zero-order valence-electron chi connectivity index (χ0n) is 21.0. The van der Waals surface area contributed by atoms with Crippen LogP contribution < -0.4 is 0 Å². The highest BCUT2D eigenvalue weighted by Crippen LogP contribution is 2.49. The van der Waals surface area contributed by atoms with Crippen LogP contribution >= 0.6 is 11.6 Å². The average Bonchev–Trinajstić information content (AvgIpc) is 3.10. The minimum atomic E-state index is -1.66.